The molecule has 1 aromatic rings. The Balaban J connectivity index is 2.14. The third kappa shape index (κ3) is 10.6. The second-order valence-electron chi connectivity index (χ2n) is 9.93. The van der Waals surface area contributed by atoms with Crippen molar-refractivity contribution >= 4 is 16.1 Å². The fourth-order valence-electron chi connectivity index (χ4n) is 4.45. The standard InChI is InChI=1S/C29H42O7S/c1-21(2)10-9-11-23(30)16-19-25-26(12-7-5-6-8-13-29(32)35-4)28(20-27(25)31)36-37(33,34)24-17-14-22(3)15-18-24/h5,7,10,14-19,23,25-28,30-31H,6,8-9,11-13,20H2,1-4H3/t23-,25+,26+,27+,28+/m0/s1. The lowest BCUT2D eigenvalue weighted by atomic mass is 9.89. The van der Waals surface area contributed by atoms with E-state index in [1.54, 1.807) is 24.3 Å². The highest BCUT2D eigenvalue weighted by atomic mass is 32.2. The Morgan fingerprint density at radius 3 is 2.51 bits per heavy atom. The zero-order valence-corrected chi connectivity index (χ0v) is 23.2. The van der Waals surface area contributed by atoms with Crippen LogP contribution < -0.4 is 0 Å². The number of ether oxygens (including phenoxy) is 1. The van der Waals surface area contributed by atoms with Gasteiger partial charge in [0.25, 0.3) is 10.1 Å². The van der Waals surface area contributed by atoms with Crippen molar-refractivity contribution in [3.63, 3.8) is 0 Å². The second kappa shape index (κ2) is 15.2. The third-order valence-corrected chi connectivity index (χ3v) is 7.92. The monoisotopic (exact) mass is 534 g/mol. The Hall–Kier alpha value is -2.26. The Labute approximate surface area is 222 Å². The number of rotatable bonds is 14. The molecule has 0 aromatic heterocycles. The molecular formula is C29H42O7S. The molecule has 0 saturated heterocycles. The maximum absolute atomic E-state index is 13.0. The van der Waals surface area contributed by atoms with Crippen molar-refractivity contribution in [3.05, 3.63) is 65.8 Å². The molecule has 1 aromatic carbocycles. The minimum absolute atomic E-state index is 0.0818. The zero-order valence-electron chi connectivity index (χ0n) is 22.4. The fourth-order valence-corrected chi connectivity index (χ4v) is 5.58. The van der Waals surface area contributed by atoms with Crippen LogP contribution in [0.3, 0.4) is 0 Å². The lowest BCUT2D eigenvalue weighted by molar-refractivity contribution is -0.140. The summed E-state index contributed by atoms with van der Waals surface area (Å²) < 4.78 is 36.3. The van der Waals surface area contributed by atoms with Crippen LogP contribution in [0.15, 0.2) is 65.1 Å². The van der Waals surface area contributed by atoms with Crippen molar-refractivity contribution in [2.45, 2.75) is 88.9 Å². The predicted molar refractivity (Wildman–Crippen MR) is 144 cm³/mol. The van der Waals surface area contributed by atoms with Gasteiger partial charge in [-0.2, -0.15) is 8.42 Å². The highest BCUT2D eigenvalue weighted by Crippen LogP contribution is 2.39. The summed E-state index contributed by atoms with van der Waals surface area (Å²) in [7, 11) is -2.65. The van der Waals surface area contributed by atoms with Gasteiger partial charge in [0.05, 0.1) is 30.3 Å². The van der Waals surface area contributed by atoms with Crippen molar-refractivity contribution in [2.75, 3.05) is 7.11 Å². The predicted octanol–water partition coefficient (Wildman–Crippen LogP) is 5.02. The summed E-state index contributed by atoms with van der Waals surface area (Å²) in [5, 5.41) is 21.2. The molecule has 1 saturated carbocycles. The van der Waals surface area contributed by atoms with E-state index in [0.29, 0.717) is 32.1 Å². The number of aliphatic hydroxyl groups is 2. The largest absolute Gasteiger partial charge is 0.469 e. The quantitative estimate of drug-likeness (QED) is 0.149. The molecule has 5 atom stereocenters. The lowest BCUT2D eigenvalue weighted by Crippen LogP contribution is -2.25. The van der Waals surface area contributed by atoms with Crippen LogP contribution in [0, 0.1) is 18.8 Å². The Morgan fingerprint density at radius 2 is 1.86 bits per heavy atom. The van der Waals surface area contributed by atoms with Crippen LogP contribution in [0.4, 0.5) is 0 Å². The highest BCUT2D eigenvalue weighted by Gasteiger charge is 2.43. The van der Waals surface area contributed by atoms with E-state index in [1.807, 2.05) is 32.9 Å². The number of hydrogen-bond donors (Lipinski definition) is 2. The van der Waals surface area contributed by atoms with Gasteiger partial charge in [0.1, 0.15) is 0 Å². The molecule has 2 rings (SSSR count). The van der Waals surface area contributed by atoms with Gasteiger partial charge in [-0.3, -0.25) is 8.98 Å². The zero-order chi connectivity index (χ0) is 27.4. The molecule has 0 spiro atoms. The molecule has 0 bridgehead atoms. The topological polar surface area (TPSA) is 110 Å². The first-order chi connectivity index (χ1) is 17.5. The average molecular weight is 535 g/mol. The molecule has 0 radical (unpaired) electrons. The van der Waals surface area contributed by atoms with Gasteiger partial charge >= 0.3 is 5.97 Å². The number of carbonyl (C=O) groups excluding carboxylic acids is 1. The molecule has 0 unspecified atom stereocenters. The van der Waals surface area contributed by atoms with Gasteiger partial charge < -0.3 is 14.9 Å². The third-order valence-electron chi connectivity index (χ3n) is 6.57. The Bertz CT molecular complexity index is 1040. The maximum atomic E-state index is 13.0. The number of allylic oxidation sites excluding steroid dienone is 4. The van der Waals surface area contributed by atoms with Crippen LogP contribution >= 0.6 is 0 Å². The molecule has 206 valence electrons. The second-order valence-corrected chi connectivity index (χ2v) is 11.5. The van der Waals surface area contributed by atoms with E-state index in [2.05, 4.69) is 10.8 Å². The normalized spacial score (nSPS) is 23.0. The average Bonchev–Trinajstić information content (AvgIpc) is 3.12. The van der Waals surface area contributed by atoms with Crippen LogP contribution in [0.5, 0.6) is 0 Å². The molecule has 8 heteroatoms. The summed E-state index contributed by atoms with van der Waals surface area (Å²) >= 11 is 0. The van der Waals surface area contributed by atoms with Gasteiger partial charge in [-0.25, -0.2) is 0 Å². The smallest absolute Gasteiger partial charge is 0.305 e. The van der Waals surface area contributed by atoms with E-state index in [1.165, 1.54) is 24.8 Å². The molecule has 0 heterocycles. The van der Waals surface area contributed by atoms with E-state index in [9.17, 15) is 23.4 Å². The van der Waals surface area contributed by atoms with Gasteiger partial charge in [-0.1, -0.05) is 53.6 Å². The van der Waals surface area contributed by atoms with E-state index < -0.39 is 28.4 Å². The molecule has 2 N–H and O–H groups in total. The van der Waals surface area contributed by atoms with E-state index in [4.69, 9.17) is 4.18 Å². The number of aliphatic hydroxyl groups excluding tert-OH is 2. The fraction of sp³-hybridized carbons (Fsp3) is 0.552. The summed E-state index contributed by atoms with van der Waals surface area (Å²) in [6.07, 6.45) is 10.9. The summed E-state index contributed by atoms with van der Waals surface area (Å²) in [6, 6.07) is 6.48. The van der Waals surface area contributed by atoms with Crippen LogP contribution in [0.25, 0.3) is 0 Å². The van der Waals surface area contributed by atoms with Crippen LogP contribution in [0.1, 0.15) is 64.4 Å². The van der Waals surface area contributed by atoms with E-state index in [0.717, 1.165) is 12.0 Å². The SMILES string of the molecule is COC(=O)CCCC=CC[C@@H]1[C@@H](C=C[C@@H](O)CCC=C(C)C)[C@H](O)C[C@H]1OS(=O)(=O)c1ccc(C)cc1. The minimum atomic E-state index is -4.01. The number of unbranched alkanes of at least 4 members (excludes halogenated alkanes) is 1. The first-order valence-electron chi connectivity index (χ1n) is 12.9. The molecular weight excluding hydrogens is 492 g/mol. The first-order valence-corrected chi connectivity index (χ1v) is 14.3. The summed E-state index contributed by atoms with van der Waals surface area (Å²) in [5.41, 5.74) is 2.13. The number of methoxy groups -OCH3 is 1. The van der Waals surface area contributed by atoms with Gasteiger partial charge in [0, 0.05) is 18.8 Å². The van der Waals surface area contributed by atoms with Gasteiger partial charge in [0.15, 0.2) is 0 Å². The van der Waals surface area contributed by atoms with Crippen LogP contribution in [-0.4, -0.2) is 50.0 Å². The molecule has 7 nitrogen and oxygen atoms in total. The summed E-state index contributed by atoms with van der Waals surface area (Å²) in [5.74, 6) is -0.917. The lowest BCUT2D eigenvalue weighted by Gasteiger charge is -2.22. The van der Waals surface area contributed by atoms with Gasteiger partial charge in [-0.15, -0.1) is 0 Å². The molecule has 1 aliphatic rings. The Kier molecular flexibility index (Phi) is 12.7. The van der Waals surface area contributed by atoms with Crippen molar-refractivity contribution in [1.29, 1.82) is 0 Å². The Morgan fingerprint density at radius 1 is 1.16 bits per heavy atom. The summed E-state index contributed by atoms with van der Waals surface area (Å²) in [6.45, 7) is 5.90. The van der Waals surface area contributed by atoms with Crippen LogP contribution in [0.2, 0.25) is 0 Å². The van der Waals surface area contributed by atoms with Crippen molar-refractivity contribution in [3.8, 4) is 0 Å². The van der Waals surface area contributed by atoms with Crippen molar-refractivity contribution < 1.29 is 32.3 Å². The first kappa shape index (κ1) is 31.0. The number of benzene rings is 1. The number of hydrogen-bond acceptors (Lipinski definition) is 7. The molecule has 1 aliphatic carbocycles. The van der Waals surface area contributed by atoms with Crippen molar-refractivity contribution in [2.24, 2.45) is 11.8 Å². The maximum Gasteiger partial charge on any atom is 0.305 e. The van der Waals surface area contributed by atoms with Gasteiger partial charge in [-0.05, 0) is 70.9 Å². The highest BCUT2D eigenvalue weighted by molar-refractivity contribution is 7.86. The molecule has 0 amide bonds. The van der Waals surface area contributed by atoms with E-state index >= 15 is 0 Å². The van der Waals surface area contributed by atoms with E-state index in [-0.39, 0.29) is 29.1 Å². The molecule has 37 heavy (non-hydrogen) atoms. The minimum Gasteiger partial charge on any atom is -0.469 e. The number of carbonyl (C=O) groups is 1. The molecule has 1 fully saturated rings. The van der Waals surface area contributed by atoms with Crippen molar-refractivity contribution in [1.82, 2.24) is 0 Å². The molecule has 0 aliphatic heterocycles. The van der Waals surface area contributed by atoms with Crippen LogP contribution in [-0.2, 0) is 23.8 Å². The number of aryl methyl sites for hydroxylation is 1. The summed E-state index contributed by atoms with van der Waals surface area (Å²) in [4.78, 5) is 11.4. The number of esters is 1. The van der Waals surface area contributed by atoms with Gasteiger partial charge in [0.2, 0.25) is 0 Å².